The third-order valence-corrected chi connectivity index (χ3v) is 4.53. The van der Waals surface area contributed by atoms with E-state index in [1.807, 2.05) is 0 Å². The summed E-state index contributed by atoms with van der Waals surface area (Å²) in [5.41, 5.74) is 0.144. The number of hydrogen-bond acceptors (Lipinski definition) is 6. The van der Waals surface area contributed by atoms with Crippen LogP contribution in [0.5, 0.6) is 0 Å². The van der Waals surface area contributed by atoms with Gasteiger partial charge in [-0.1, -0.05) is 13.8 Å². The first-order valence-corrected chi connectivity index (χ1v) is 9.34. The van der Waals surface area contributed by atoms with Crippen molar-refractivity contribution < 1.29 is 21.6 Å². The van der Waals surface area contributed by atoms with Gasteiger partial charge in [-0.2, -0.15) is 28.2 Å². The molecule has 1 atom stereocenters. The number of nitrogens with zero attached hydrogens (tertiary/aromatic N) is 4. The summed E-state index contributed by atoms with van der Waals surface area (Å²) < 4.78 is 63.4. The number of rotatable bonds is 6. The number of sulfone groups is 1. The van der Waals surface area contributed by atoms with E-state index in [2.05, 4.69) is 20.4 Å². The highest BCUT2D eigenvalue weighted by Gasteiger charge is 2.30. The Labute approximate surface area is 143 Å². The summed E-state index contributed by atoms with van der Waals surface area (Å²) in [7, 11) is -3.79. The Morgan fingerprint density at radius 2 is 2.00 bits per heavy atom. The fraction of sp³-hybridized carbons (Fsp3) is 0.500. The molecule has 25 heavy (non-hydrogen) atoms. The second-order valence-corrected chi connectivity index (χ2v) is 7.52. The first kappa shape index (κ1) is 19.2. The van der Waals surface area contributed by atoms with Gasteiger partial charge in [0.05, 0.1) is 0 Å². The molecule has 0 radical (unpaired) electrons. The van der Waals surface area contributed by atoms with E-state index < -0.39 is 22.6 Å². The molecular formula is C14H18F3N5O2S. The van der Waals surface area contributed by atoms with E-state index in [0.717, 1.165) is 6.26 Å². The standard InChI is InChI=1S/C14H18F3N5O2S/c1-4-9(2)10-11(18-8-14(15,16)17)20-13(22-7-5-6-19-22)21-12(10)25(3,23)24/h5-7,9H,4,8H2,1-3H3,(H,18,20,21). The summed E-state index contributed by atoms with van der Waals surface area (Å²) in [6.45, 7) is 2.17. The van der Waals surface area contributed by atoms with E-state index in [-0.39, 0.29) is 28.3 Å². The molecule has 0 fully saturated rings. The smallest absolute Gasteiger partial charge is 0.361 e. The van der Waals surface area contributed by atoms with Crippen molar-refractivity contribution in [1.29, 1.82) is 0 Å². The first-order chi connectivity index (χ1) is 11.5. The Hall–Kier alpha value is -2.17. The first-order valence-electron chi connectivity index (χ1n) is 7.45. The highest BCUT2D eigenvalue weighted by molar-refractivity contribution is 7.90. The highest BCUT2D eigenvalue weighted by atomic mass is 32.2. The fourth-order valence-corrected chi connectivity index (χ4v) is 3.12. The average molecular weight is 377 g/mol. The van der Waals surface area contributed by atoms with Gasteiger partial charge < -0.3 is 5.32 Å². The Kier molecular flexibility index (Phi) is 5.35. The van der Waals surface area contributed by atoms with Crippen molar-refractivity contribution in [3.05, 3.63) is 24.0 Å². The number of alkyl halides is 3. The molecule has 0 saturated carbocycles. The summed E-state index contributed by atoms with van der Waals surface area (Å²) in [5.74, 6) is -0.637. The Bertz CT molecular complexity index is 835. The molecule has 1 N–H and O–H groups in total. The molecule has 0 saturated heterocycles. The average Bonchev–Trinajstić information content (AvgIpc) is 3.04. The van der Waals surface area contributed by atoms with Gasteiger partial charge in [0.25, 0.3) is 5.95 Å². The summed E-state index contributed by atoms with van der Waals surface area (Å²) in [6.07, 6.45) is -0.114. The minimum Gasteiger partial charge on any atom is -0.361 e. The Morgan fingerprint density at radius 3 is 2.48 bits per heavy atom. The van der Waals surface area contributed by atoms with Crippen LogP contribution < -0.4 is 5.32 Å². The lowest BCUT2D eigenvalue weighted by molar-refractivity contribution is -0.115. The maximum absolute atomic E-state index is 12.6. The van der Waals surface area contributed by atoms with Gasteiger partial charge in [-0.3, -0.25) is 0 Å². The van der Waals surface area contributed by atoms with Crippen molar-refractivity contribution in [1.82, 2.24) is 19.7 Å². The van der Waals surface area contributed by atoms with Crippen LogP contribution in [-0.4, -0.2) is 47.1 Å². The van der Waals surface area contributed by atoms with Crippen molar-refractivity contribution in [2.24, 2.45) is 0 Å². The van der Waals surface area contributed by atoms with Crippen molar-refractivity contribution in [3.8, 4) is 5.95 Å². The number of anilines is 1. The van der Waals surface area contributed by atoms with E-state index in [9.17, 15) is 21.6 Å². The van der Waals surface area contributed by atoms with E-state index in [1.165, 1.54) is 17.1 Å². The molecule has 0 aliphatic rings. The summed E-state index contributed by atoms with van der Waals surface area (Å²) in [5, 5.41) is 5.80. The topological polar surface area (TPSA) is 89.8 Å². The summed E-state index contributed by atoms with van der Waals surface area (Å²) in [4.78, 5) is 8.12. The zero-order chi connectivity index (χ0) is 18.8. The lowest BCUT2D eigenvalue weighted by Gasteiger charge is -2.20. The van der Waals surface area contributed by atoms with Crippen LogP contribution in [0.1, 0.15) is 31.7 Å². The van der Waals surface area contributed by atoms with E-state index in [1.54, 1.807) is 19.9 Å². The maximum Gasteiger partial charge on any atom is 0.405 e. The minimum absolute atomic E-state index is 0.123. The number of hydrogen-bond donors (Lipinski definition) is 1. The van der Waals surface area contributed by atoms with Crippen LogP contribution in [0.2, 0.25) is 0 Å². The predicted molar refractivity (Wildman–Crippen MR) is 85.5 cm³/mol. The Balaban J connectivity index is 2.69. The van der Waals surface area contributed by atoms with Crippen LogP contribution in [0, 0.1) is 0 Å². The molecule has 1 unspecified atom stereocenters. The summed E-state index contributed by atoms with van der Waals surface area (Å²) >= 11 is 0. The molecule has 0 spiro atoms. The molecule has 2 rings (SSSR count). The molecule has 2 aromatic rings. The van der Waals surface area contributed by atoms with Crippen LogP contribution in [0.3, 0.4) is 0 Å². The minimum atomic E-state index is -4.48. The van der Waals surface area contributed by atoms with Crippen LogP contribution >= 0.6 is 0 Å². The van der Waals surface area contributed by atoms with E-state index >= 15 is 0 Å². The van der Waals surface area contributed by atoms with E-state index in [0.29, 0.717) is 6.42 Å². The largest absolute Gasteiger partial charge is 0.405 e. The van der Waals surface area contributed by atoms with Gasteiger partial charge in [-0.05, 0) is 18.4 Å². The number of halogens is 3. The van der Waals surface area contributed by atoms with Crippen LogP contribution in [0.15, 0.2) is 23.5 Å². The monoisotopic (exact) mass is 377 g/mol. The fourth-order valence-electron chi connectivity index (χ4n) is 2.18. The van der Waals surface area contributed by atoms with Crippen molar-refractivity contribution >= 4 is 15.7 Å². The number of nitrogens with one attached hydrogen (secondary N) is 1. The maximum atomic E-state index is 12.6. The third kappa shape index (κ3) is 4.68. The van der Waals surface area contributed by atoms with Crippen molar-refractivity contribution in [2.45, 2.75) is 37.4 Å². The molecule has 0 amide bonds. The van der Waals surface area contributed by atoms with Gasteiger partial charge in [0, 0.05) is 24.2 Å². The van der Waals surface area contributed by atoms with Crippen molar-refractivity contribution in [3.63, 3.8) is 0 Å². The molecule has 11 heteroatoms. The van der Waals surface area contributed by atoms with Gasteiger partial charge in [-0.25, -0.2) is 13.1 Å². The zero-order valence-electron chi connectivity index (χ0n) is 13.9. The zero-order valence-corrected chi connectivity index (χ0v) is 14.7. The highest BCUT2D eigenvalue weighted by Crippen LogP contribution is 2.32. The van der Waals surface area contributed by atoms with Gasteiger partial charge in [-0.15, -0.1) is 0 Å². The number of aromatic nitrogens is 4. The molecule has 7 nitrogen and oxygen atoms in total. The lowest BCUT2D eigenvalue weighted by Crippen LogP contribution is -2.24. The van der Waals surface area contributed by atoms with Gasteiger partial charge in [0.15, 0.2) is 14.9 Å². The van der Waals surface area contributed by atoms with Crippen LogP contribution in [-0.2, 0) is 9.84 Å². The molecule has 2 heterocycles. The van der Waals surface area contributed by atoms with E-state index in [4.69, 9.17) is 0 Å². The Morgan fingerprint density at radius 1 is 1.32 bits per heavy atom. The SMILES string of the molecule is CCC(C)c1c(NCC(F)(F)F)nc(-n2cccn2)nc1S(C)(=O)=O. The normalized spacial score (nSPS) is 13.7. The summed E-state index contributed by atoms with van der Waals surface area (Å²) in [6, 6.07) is 1.56. The third-order valence-electron chi connectivity index (χ3n) is 3.52. The van der Waals surface area contributed by atoms with Crippen molar-refractivity contribution in [2.75, 3.05) is 18.1 Å². The quantitative estimate of drug-likeness (QED) is 0.778. The van der Waals surface area contributed by atoms with Crippen LogP contribution in [0.4, 0.5) is 19.0 Å². The lowest BCUT2D eigenvalue weighted by atomic mass is 10.0. The predicted octanol–water partition coefficient (Wildman–Crippen LogP) is 2.55. The van der Waals surface area contributed by atoms with Gasteiger partial charge in [0.2, 0.25) is 0 Å². The van der Waals surface area contributed by atoms with Gasteiger partial charge in [0.1, 0.15) is 12.4 Å². The van der Waals surface area contributed by atoms with Crippen LogP contribution in [0.25, 0.3) is 5.95 Å². The second-order valence-electron chi connectivity index (χ2n) is 5.59. The molecule has 2 aromatic heterocycles. The molecule has 0 aliphatic heterocycles. The molecule has 0 bridgehead atoms. The molecular weight excluding hydrogens is 359 g/mol. The molecule has 138 valence electrons. The molecule has 0 aliphatic carbocycles. The second kappa shape index (κ2) is 6.98. The molecule has 0 aromatic carbocycles. The van der Waals surface area contributed by atoms with Gasteiger partial charge >= 0.3 is 6.18 Å².